The normalized spacial score (nSPS) is 12.4. The van der Waals surface area contributed by atoms with Crippen LogP contribution in [-0.4, -0.2) is 33.5 Å². The first-order valence-corrected chi connectivity index (χ1v) is 6.83. The molecular formula is C15H25NO3. The molecule has 1 unspecified atom stereocenters. The maximum Gasteiger partial charge on any atom is 0.124 e. The van der Waals surface area contributed by atoms with E-state index in [4.69, 9.17) is 19.9 Å². The summed E-state index contributed by atoms with van der Waals surface area (Å²) >= 11 is 0. The zero-order valence-corrected chi connectivity index (χ0v) is 11.9. The molecule has 0 aliphatic carbocycles. The van der Waals surface area contributed by atoms with Crippen LogP contribution in [0.2, 0.25) is 0 Å². The van der Waals surface area contributed by atoms with Gasteiger partial charge in [0.25, 0.3) is 0 Å². The largest absolute Gasteiger partial charge is 0.491 e. The van der Waals surface area contributed by atoms with E-state index in [0.717, 1.165) is 30.8 Å². The van der Waals surface area contributed by atoms with E-state index in [9.17, 15) is 0 Å². The summed E-state index contributed by atoms with van der Waals surface area (Å²) in [5, 5.41) is 0. The number of ether oxygens (including phenoxy) is 3. The summed E-state index contributed by atoms with van der Waals surface area (Å²) in [6, 6.07) is 7.82. The molecule has 0 spiro atoms. The van der Waals surface area contributed by atoms with Crippen LogP contribution < -0.4 is 10.5 Å². The highest BCUT2D eigenvalue weighted by Gasteiger charge is 2.11. The molecule has 1 aromatic carbocycles. The van der Waals surface area contributed by atoms with E-state index < -0.39 is 0 Å². The molecule has 0 fully saturated rings. The van der Waals surface area contributed by atoms with Gasteiger partial charge in [-0.3, -0.25) is 0 Å². The van der Waals surface area contributed by atoms with Crippen LogP contribution in [-0.2, 0) is 9.47 Å². The van der Waals surface area contributed by atoms with Gasteiger partial charge in [0.1, 0.15) is 12.4 Å². The molecule has 108 valence electrons. The molecule has 0 aromatic heterocycles. The van der Waals surface area contributed by atoms with Crippen molar-refractivity contribution in [3.63, 3.8) is 0 Å². The number of methoxy groups -OCH3 is 1. The zero-order valence-electron chi connectivity index (χ0n) is 11.9. The first-order chi connectivity index (χ1) is 9.29. The van der Waals surface area contributed by atoms with Crippen LogP contribution in [0.4, 0.5) is 0 Å². The molecule has 0 heterocycles. The van der Waals surface area contributed by atoms with Gasteiger partial charge in [0.15, 0.2) is 0 Å². The fourth-order valence-corrected chi connectivity index (χ4v) is 1.77. The second-order valence-corrected chi connectivity index (χ2v) is 4.39. The Kier molecular flexibility index (Phi) is 8.21. The molecule has 0 saturated carbocycles. The molecule has 1 rings (SSSR count). The van der Waals surface area contributed by atoms with Gasteiger partial charge in [-0.15, -0.1) is 0 Å². The standard InChI is InChI=1S/C15H25NO3/c1-3-9-18-10-8-14(16)13-6-4-5-7-15(13)19-12-11-17-2/h4-7,14H,3,8-12,16H2,1-2H3. The van der Waals surface area contributed by atoms with Crippen molar-refractivity contribution < 1.29 is 14.2 Å². The Hall–Kier alpha value is -1.10. The van der Waals surface area contributed by atoms with Crippen LogP contribution in [0, 0.1) is 0 Å². The van der Waals surface area contributed by atoms with Gasteiger partial charge in [0, 0.05) is 31.9 Å². The maximum atomic E-state index is 6.19. The minimum absolute atomic E-state index is 0.0596. The monoisotopic (exact) mass is 267 g/mol. The highest BCUT2D eigenvalue weighted by Crippen LogP contribution is 2.25. The summed E-state index contributed by atoms with van der Waals surface area (Å²) in [5.41, 5.74) is 7.22. The zero-order chi connectivity index (χ0) is 13.9. The molecule has 2 N–H and O–H groups in total. The van der Waals surface area contributed by atoms with Crippen molar-refractivity contribution in [2.75, 3.05) is 33.5 Å². The van der Waals surface area contributed by atoms with E-state index in [1.165, 1.54) is 0 Å². The van der Waals surface area contributed by atoms with Crippen molar-refractivity contribution in [1.29, 1.82) is 0 Å². The quantitative estimate of drug-likeness (QED) is 0.662. The molecule has 0 amide bonds. The second kappa shape index (κ2) is 9.78. The summed E-state index contributed by atoms with van der Waals surface area (Å²) in [7, 11) is 1.66. The average Bonchev–Trinajstić information content (AvgIpc) is 2.44. The van der Waals surface area contributed by atoms with Crippen LogP contribution in [0.25, 0.3) is 0 Å². The Balaban J connectivity index is 2.50. The third-order valence-electron chi connectivity index (χ3n) is 2.79. The number of benzene rings is 1. The van der Waals surface area contributed by atoms with E-state index in [0.29, 0.717) is 19.8 Å². The number of hydrogen-bond acceptors (Lipinski definition) is 4. The summed E-state index contributed by atoms with van der Waals surface area (Å²) in [5.74, 6) is 0.836. The summed E-state index contributed by atoms with van der Waals surface area (Å²) in [4.78, 5) is 0. The third-order valence-corrected chi connectivity index (χ3v) is 2.79. The fourth-order valence-electron chi connectivity index (χ4n) is 1.77. The van der Waals surface area contributed by atoms with Gasteiger partial charge in [-0.1, -0.05) is 25.1 Å². The summed E-state index contributed by atoms with van der Waals surface area (Å²) in [6.45, 7) is 4.68. The van der Waals surface area contributed by atoms with Crippen LogP contribution in [0.3, 0.4) is 0 Å². The van der Waals surface area contributed by atoms with Crippen molar-refractivity contribution in [3.8, 4) is 5.75 Å². The van der Waals surface area contributed by atoms with Gasteiger partial charge in [-0.2, -0.15) is 0 Å². The SMILES string of the molecule is CCCOCCC(N)c1ccccc1OCCOC. The lowest BCUT2D eigenvalue weighted by Crippen LogP contribution is -2.15. The fraction of sp³-hybridized carbons (Fsp3) is 0.600. The highest BCUT2D eigenvalue weighted by atomic mass is 16.5. The van der Waals surface area contributed by atoms with Gasteiger partial charge >= 0.3 is 0 Å². The van der Waals surface area contributed by atoms with E-state index in [1.54, 1.807) is 7.11 Å². The molecule has 1 atom stereocenters. The number of nitrogens with two attached hydrogens (primary N) is 1. The van der Waals surface area contributed by atoms with Crippen molar-refractivity contribution in [2.24, 2.45) is 5.73 Å². The van der Waals surface area contributed by atoms with E-state index in [1.807, 2.05) is 24.3 Å². The van der Waals surface area contributed by atoms with Gasteiger partial charge in [0.05, 0.1) is 6.61 Å². The first kappa shape index (κ1) is 16.0. The van der Waals surface area contributed by atoms with Crippen LogP contribution in [0.5, 0.6) is 5.75 Å². The Morgan fingerprint density at radius 3 is 2.63 bits per heavy atom. The Morgan fingerprint density at radius 1 is 1.11 bits per heavy atom. The van der Waals surface area contributed by atoms with Gasteiger partial charge in [-0.25, -0.2) is 0 Å². The average molecular weight is 267 g/mol. The minimum atomic E-state index is -0.0596. The molecule has 4 nitrogen and oxygen atoms in total. The molecule has 0 bridgehead atoms. The summed E-state index contributed by atoms with van der Waals surface area (Å²) in [6.07, 6.45) is 1.83. The van der Waals surface area contributed by atoms with Gasteiger partial charge in [-0.05, 0) is 18.9 Å². The van der Waals surface area contributed by atoms with Gasteiger partial charge in [0.2, 0.25) is 0 Å². The topological polar surface area (TPSA) is 53.7 Å². The van der Waals surface area contributed by atoms with Crippen molar-refractivity contribution in [1.82, 2.24) is 0 Å². The van der Waals surface area contributed by atoms with Crippen molar-refractivity contribution in [3.05, 3.63) is 29.8 Å². The Bertz CT molecular complexity index is 344. The molecule has 1 aromatic rings. The summed E-state index contributed by atoms with van der Waals surface area (Å²) < 4.78 is 16.1. The van der Waals surface area contributed by atoms with E-state index >= 15 is 0 Å². The first-order valence-electron chi connectivity index (χ1n) is 6.83. The molecule has 0 radical (unpaired) electrons. The minimum Gasteiger partial charge on any atom is -0.491 e. The Labute approximate surface area is 115 Å². The number of hydrogen-bond donors (Lipinski definition) is 1. The molecule has 4 heteroatoms. The van der Waals surface area contributed by atoms with Crippen molar-refractivity contribution >= 4 is 0 Å². The van der Waals surface area contributed by atoms with E-state index in [2.05, 4.69) is 6.92 Å². The molecular weight excluding hydrogens is 242 g/mol. The predicted octanol–water partition coefficient (Wildman–Crippen LogP) is 2.53. The lowest BCUT2D eigenvalue weighted by Gasteiger charge is -2.17. The molecule has 0 aliphatic rings. The van der Waals surface area contributed by atoms with Crippen molar-refractivity contribution in [2.45, 2.75) is 25.8 Å². The van der Waals surface area contributed by atoms with Crippen LogP contribution >= 0.6 is 0 Å². The maximum absolute atomic E-state index is 6.19. The third kappa shape index (κ3) is 6.05. The smallest absolute Gasteiger partial charge is 0.124 e. The van der Waals surface area contributed by atoms with E-state index in [-0.39, 0.29) is 6.04 Å². The lowest BCUT2D eigenvalue weighted by molar-refractivity contribution is 0.126. The Morgan fingerprint density at radius 2 is 1.89 bits per heavy atom. The van der Waals surface area contributed by atoms with Gasteiger partial charge < -0.3 is 19.9 Å². The predicted molar refractivity (Wildman–Crippen MR) is 76.5 cm³/mol. The van der Waals surface area contributed by atoms with Crippen LogP contribution in [0.15, 0.2) is 24.3 Å². The molecule has 0 saturated heterocycles. The highest BCUT2D eigenvalue weighted by molar-refractivity contribution is 5.35. The molecule has 19 heavy (non-hydrogen) atoms. The number of rotatable bonds is 10. The lowest BCUT2D eigenvalue weighted by atomic mass is 10.0. The number of para-hydroxylation sites is 1. The second-order valence-electron chi connectivity index (χ2n) is 4.39. The van der Waals surface area contributed by atoms with Crippen LogP contribution in [0.1, 0.15) is 31.4 Å². The molecule has 0 aliphatic heterocycles.